The van der Waals surface area contributed by atoms with Crippen molar-refractivity contribution >= 4 is 50.4 Å². The summed E-state index contributed by atoms with van der Waals surface area (Å²) in [6.45, 7) is 0. The van der Waals surface area contributed by atoms with Crippen molar-refractivity contribution in [2.24, 2.45) is 0 Å². The van der Waals surface area contributed by atoms with Gasteiger partial charge in [-0.2, -0.15) is 0 Å². The fraction of sp³-hybridized carbons (Fsp3) is 0. The maximum absolute atomic E-state index is 5.77. The topological polar surface area (TPSA) is 50.9 Å². The van der Waals surface area contributed by atoms with E-state index in [1.165, 1.54) is 5.39 Å². The van der Waals surface area contributed by atoms with Crippen molar-refractivity contribution in [2.45, 2.75) is 0 Å². The quantitative estimate of drug-likeness (QED) is 0.532. The van der Waals surface area contributed by atoms with Crippen LogP contribution >= 0.6 is 22.6 Å². The molecule has 0 aliphatic rings. The molecule has 1 aromatic heterocycles. The number of anilines is 3. The van der Waals surface area contributed by atoms with Gasteiger partial charge in [-0.15, -0.1) is 0 Å². The molecule has 0 saturated heterocycles. The van der Waals surface area contributed by atoms with Gasteiger partial charge in [0.1, 0.15) is 0 Å². The molecule has 0 spiro atoms. The molecular weight excluding hydrogens is 349 g/mol. The van der Waals surface area contributed by atoms with E-state index < -0.39 is 0 Å². The molecule has 3 nitrogen and oxygen atoms in total. The van der Waals surface area contributed by atoms with Crippen molar-refractivity contribution in [1.82, 2.24) is 4.98 Å². The SMILES string of the molecule is Nc1ccc(Nc2cccc3ccncc23)c(I)c1. The van der Waals surface area contributed by atoms with Crippen molar-refractivity contribution in [3.63, 3.8) is 0 Å². The van der Waals surface area contributed by atoms with E-state index in [1.807, 2.05) is 36.5 Å². The van der Waals surface area contributed by atoms with Crippen LogP contribution < -0.4 is 11.1 Å². The number of halogens is 1. The van der Waals surface area contributed by atoms with Crippen LogP contribution in [0.3, 0.4) is 0 Å². The summed E-state index contributed by atoms with van der Waals surface area (Å²) in [5, 5.41) is 5.72. The van der Waals surface area contributed by atoms with E-state index in [0.29, 0.717) is 0 Å². The predicted molar refractivity (Wildman–Crippen MR) is 88.6 cm³/mol. The molecule has 94 valence electrons. The molecule has 1 heterocycles. The molecular formula is C15H12IN3. The third-order valence-corrected chi connectivity index (χ3v) is 3.84. The molecule has 2 aromatic carbocycles. The average molecular weight is 361 g/mol. The molecule has 3 N–H and O–H groups in total. The van der Waals surface area contributed by atoms with Gasteiger partial charge < -0.3 is 11.1 Å². The first-order valence-electron chi connectivity index (χ1n) is 5.89. The van der Waals surface area contributed by atoms with Gasteiger partial charge in [-0.1, -0.05) is 12.1 Å². The predicted octanol–water partition coefficient (Wildman–Crippen LogP) is 4.17. The molecule has 0 amide bonds. The first-order chi connectivity index (χ1) is 9.24. The van der Waals surface area contributed by atoms with E-state index in [2.05, 4.69) is 45.0 Å². The first-order valence-corrected chi connectivity index (χ1v) is 6.97. The van der Waals surface area contributed by atoms with Crippen molar-refractivity contribution in [2.75, 3.05) is 11.1 Å². The molecule has 3 aromatic rings. The Morgan fingerprint density at radius 2 is 1.95 bits per heavy atom. The van der Waals surface area contributed by atoms with Crippen LogP contribution in [0, 0.1) is 3.57 Å². The monoisotopic (exact) mass is 361 g/mol. The number of nitrogens with two attached hydrogens (primary N) is 1. The number of nitrogen functional groups attached to an aromatic ring is 1. The fourth-order valence-corrected chi connectivity index (χ4v) is 2.67. The third kappa shape index (κ3) is 2.49. The van der Waals surface area contributed by atoms with E-state index in [9.17, 15) is 0 Å². The minimum absolute atomic E-state index is 0.773. The zero-order valence-electron chi connectivity index (χ0n) is 10.1. The molecule has 4 heteroatoms. The summed E-state index contributed by atoms with van der Waals surface area (Å²) in [6.07, 6.45) is 3.68. The second kappa shape index (κ2) is 5.05. The fourth-order valence-electron chi connectivity index (χ4n) is 2.00. The number of fused-ring (bicyclic) bond motifs is 1. The minimum atomic E-state index is 0.773. The maximum Gasteiger partial charge on any atom is 0.0521 e. The van der Waals surface area contributed by atoms with E-state index >= 15 is 0 Å². The number of nitrogens with zero attached hydrogens (tertiary/aromatic N) is 1. The van der Waals surface area contributed by atoms with Crippen molar-refractivity contribution in [3.05, 3.63) is 58.4 Å². The second-order valence-electron chi connectivity index (χ2n) is 4.27. The largest absolute Gasteiger partial charge is 0.399 e. The number of benzene rings is 2. The molecule has 0 unspecified atom stereocenters. The number of pyridine rings is 1. The van der Waals surface area contributed by atoms with Gasteiger partial charge in [0, 0.05) is 32.7 Å². The lowest BCUT2D eigenvalue weighted by Gasteiger charge is -2.11. The number of hydrogen-bond acceptors (Lipinski definition) is 3. The summed E-state index contributed by atoms with van der Waals surface area (Å²) >= 11 is 2.28. The Labute approximate surface area is 125 Å². The number of rotatable bonds is 2. The highest BCUT2D eigenvalue weighted by Crippen LogP contribution is 2.28. The van der Waals surface area contributed by atoms with Crippen LogP contribution in [-0.4, -0.2) is 4.98 Å². The highest BCUT2D eigenvalue weighted by Gasteiger charge is 2.04. The first kappa shape index (κ1) is 12.2. The Morgan fingerprint density at radius 1 is 1.05 bits per heavy atom. The Bertz CT molecular complexity index is 735. The summed E-state index contributed by atoms with van der Waals surface area (Å²) in [4.78, 5) is 4.19. The highest BCUT2D eigenvalue weighted by atomic mass is 127. The van der Waals surface area contributed by atoms with Gasteiger partial charge in [0.05, 0.1) is 5.69 Å². The van der Waals surface area contributed by atoms with Gasteiger partial charge in [0.2, 0.25) is 0 Å². The van der Waals surface area contributed by atoms with E-state index in [-0.39, 0.29) is 0 Å². The van der Waals surface area contributed by atoms with Gasteiger partial charge in [-0.3, -0.25) is 4.98 Å². The zero-order chi connectivity index (χ0) is 13.2. The Hall–Kier alpha value is -1.82. The molecule has 0 saturated carbocycles. The van der Waals surface area contributed by atoms with E-state index in [0.717, 1.165) is 26.0 Å². The second-order valence-corrected chi connectivity index (χ2v) is 5.43. The third-order valence-electron chi connectivity index (χ3n) is 2.95. The lowest BCUT2D eigenvalue weighted by Crippen LogP contribution is -1.95. The summed E-state index contributed by atoms with van der Waals surface area (Å²) in [7, 11) is 0. The van der Waals surface area contributed by atoms with Crippen LogP contribution in [-0.2, 0) is 0 Å². The maximum atomic E-state index is 5.77. The van der Waals surface area contributed by atoms with E-state index in [1.54, 1.807) is 6.20 Å². The highest BCUT2D eigenvalue weighted by molar-refractivity contribution is 14.1. The molecule has 0 radical (unpaired) electrons. The zero-order valence-corrected chi connectivity index (χ0v) is 12.3. The van der Waals surface area contributed by atoms with Gasteiger partial charge in [0.15, 0.2) is 0 Å². The average Bonchev–Trinajstić information content (AvgIpc) is 2.42. The normalized spacial score (nSPS) is 10.6. The van der Waals surface area contributed by atoms with E-state index in [4.69, 9.17) is 5.73 Å². The van der Waals surface area contributed by atoms with Crippen LogP contribution in [0.5, 0.6) is 0 Å². The molecule has 0 aliphatic carbocycles. The van der Waals surface area contributed by atoms with Crippen LogP contribution in [0.15, 0.2) is 54.9 Å². The molecule has 19 heavy (non-hydrogen) atoms. The summed E-state index contributed by atoms with van der Waals surface area (Å²) in [6, 6.07) is 14.0. The summed E-state index contributed by atoms with van der Waals surface area (Å²) < 4.78 is 1.10. The Kier molecular flexibility index (Phi) is 3.25. The van der Waals surface area contributed by atoms with Gasteiger partial charge in [-0.05, 0) is 58.3 Å². The van der Waals surface area contributed by atoms with Gasteiger partial charge in [0.25, 0.3) is 0 Å². The van der Waals surface area contributed by atoms with Crippen molar-refractivity contribution in [3.8, 4) is 0 Å². The lowest BCUT2D eigenvalue weighted by molar-refractivity contribution is 1.36. The number of aromatic nitrogens is 1. The minimum Gasteiger partial charge on any atom is -0.399 e. The molecule has 0 aliphatic heterocycles. The van der Waals surface area contributed by atoms with Crippen molar-refractivity contribution < 1.29 is 0 Å². The molecule has 3 rings (SSSR count). The Morgan fingerprint density at radius 3 is 2.79 bits per heavy atom. The summed E-state index contributed by atoms with van der Waals surface area (Å²) in [5.74, 6) is 0. The molecule has 0 atom stereocenters. The standard InChI is InChI=1S/C15H12IN3/c16-13-8-11(17)4-5-15(13)19-14-3-1-2-10-6-7-18-9-12(10)14/h1-9,19H,17H2. The Balaban J connectivity index is 2.06. The van der Waals surface area contributed by atoms with Crippen LogP contribution in [0.4, 0.5) is 17.1 Å². The van der Waals surface area contributed by atoms with Crippen LogP contribution in [0.2, 0.25) is 0 Å². The molecule has 0 fully saturated rings. The number of hydrogen-bond donors (Lipinski definition) is 2. The van der Waals surface area contributed by atoms with Crippen LogP contribution in [0.1, 0.15) is 0 Å². The summed E-state index contributed by atoms with van der Waals surface area (Å²) in [5.41, 5.74) is 8.64. The lowest BCUT2D eigenvalue weighted by atomic mass is 10.1. The van der Waals surface area contributed by atoms with Gasteiger partial charge >= 0.3 is 0 Å². The van der Waals surface area contributed by atoms with Gasteiger partial charge in [-0.25, -0.2) is 0 Å². The van der Waals surface area contributed by atoms with Crippen LogP contribution in [0.25, 0.3) is 10.8 Å². The molecule has 0 bridgehead atoms. The smallest absolute Gasteiger partial charge is 0.0521 e. The van der Waals surface area contributed by atoms with Crippen molar-refractivity contribution in [1.29, 1.82) is 0 Å². The number of nitrogens with one attached hydrogen (secondary N) is 1.